The number of aromatic carboxylic acids is 1. The van der Waals surface area contributed by atoms with Crippen molar-refractivity contribution in [1.82, 2.24) is 10.3 Å². The lowest BCUT2D eigenvalue weighted by atomic mass is 9.95. The fourth-order valence-corrected chi connectivity index (χ4v) is 3.91. The molecule has 1 aromatic heterocycles. The molecule has 26 heavy (non-hydrogen) atoms. The quantitative estimate of drug-likeness (QED) is 0.806. The number of nitrogens with zero attached hydrogens (tertiary/aromatic N) is 1. The molecular weight excluding hydrogens is 352 g/mol. The molecule has 1 aromatic carbocycles. The fraction of sp³-hybridized carbons (Fsp3) is 0.421. The number of thiazole rings is 1. The number of hydrogen-bond donors (Lipinski definition) is 2. The number of rotatable bonds is 6. The van der Waals surface area contributed by atoms with Gasteiger partial charge in [-0.05, 0) is 31.9 Å². The van der Waals surface area contributed by atoms with Crippen LogP contribution in [0.15, 0.2) is 24.3 Å². The molecule has 1 amide bonds. The van der Waals surface area contributed by atoms with Gasteiger partial charge in [0.05, 0.1) is 10.4 Å². The van der Waals surface area contributed by atoms with Crippen LogP contribution in [0.4, 0.5) is 0 Å². The van der Waals surface area contributed by atoms with Gasteiger partial charge in [0.2, 0.25) is 5.88 Å². The van der Waals surface area contributed by atoms with E-state index in [-0.39, 0.29) is 24.1 Å². The Morgan fingerprint density at radius 2 is 1.92 bits per heavy atom. The maximum Gasteiger partial charge on any atom is 0.335 e. The van der Waals surface area contributed by atoms with Gasteiger partial charge in [0, 0.05) is 11.6 Å². The molecule has 0 aliphatic heterocycles. The van der Waals surface area contributed by atoms with E-state index in [4.69, 9.17) is 9.84 Å². The molecule has 2 aromatic rings. The van der Waals surface area contributed by atoms with Crippen LogP contribution in [0.25, 0.3) is 10.6 Å². The van der Waals surface area contributed by atoms with Gasteiger partial charge in [-0.25, -0.2) is 9.78 Å². The highest BCUT2D eigenvalue weighted by Gasteiger charge is 2.17. The summed E-state index contributed by atoms with van der Waals surface area (Å²) >= 11 is 1.45. The Labute approximate surface area is 156 Å². The van der Waals surface area contributed by atoms with E-state index in [1.165, 1.54) is 30.6 Å². The van der Waals surface area contributed by atoms with Crippen LogP contribution in [0, 0.1) is 6.92 Å². The van der Waals surface area contributed by atoms with E-state index in [2.05, 4.69) is 10.3 Å². The van der Waals surface area contributed by atoms with Crippen molar-refractivity contribution in [3.8, 4) is 16.5 Å². The molecule has 0 bridgehead atoms. The number of carbonyl (C=O) groups is 2. The van der Waals surface area contributed by atoms with Gasteiger partial charge in [0.15, 0.2) is 6.61 Å². The summed E-state index contributed by atoms with van der Waals surface area (Å²) in [6.07, 6.45) is 5.66. The third kappa shape index (κ3) is 4.60. The zero-order valence-corrected chi connectivity index (χ0v) is 15.5. The molecule has 0 unspecified atom stereocenters. The minimum Gasteiger partial charge on any atom is -0.478 e. The number of benzene rings is 1. The SMILES string of the molecule is Cc1sc(-c2ccc(C(=O)O)cc2)nc1OCC(=O)NC1CCCCC1. The molecule has 0 atom stereocenters. The third-order valence-corrected chi connectivity index (χ3v) is 5.44. The predicted molar refractivity (Wildman–Crippen MR) is 99.8 cm³/mol. The number of carboxylic acids is 1. The minimum atomic E-state index is -0.958. The molecule has 1 heterocycles. The largest absolute Gasteiger partial charge is 0.478 e. The Morgan fingerprint density at radius 3 is 2.58 bits per heavy atom. The van der Waals surface area contributed by atoms with E-state index in [1.54, 1.807) is 24.3 Å². The summed E-state index contributed by atoms with van der Waals surface area (Å²) in [4.78, 5) is 28.3. The van der Waals surface area contributed by atoms with E-state index in [0.717, 1.165) is 28.3 Å². The molecule has 0 saturated heterocycles. The first-order chi connectivity index (χ1) is 12.5. The van der Waals surface area contributed by atoms with Crippen LogP contribution in [-0.4, -0.2) is 34.6 Å². The topological polar surface area (TPSA) is 88.5 Å². The zero-order chi connectivity index (χ0) is 18.5. The molecule has 1 fully saturated rings. The second kappa shape index (κ2) is 8.31. The highest BCUT2D eigenvalue weighted by Crippen LogP contribution is 2.32. The van der Waals surface area contributed by atoms with Crippen LogP contribution in [0.5, 0.6) is 5.88 Å². The molecular formula is C19H22N2O4S. The summed E-state index contributed by atoms with van der Waals surface area (Å²) < 4.78 is 5.60. The van der Waals surface area contributed by atoms with Crippen molar-refractivity contribution in [2.45, 2.75) is 45.1 Å². The minimum absolute atomic E-state index is 0.0432. The number of aromatic nitrogens is 1. The third-order valence-electron chi connectivity index (χ3n) is 4.44. The molecule has 1 aliphatic rings. The van der Waals surface area contributed by atoms with Crippen molar-refractivity contribution < 1.29 is 19.4 Å². The first kappa shape index (κ1) is 18.4. The molecule has 6 nitrogen and oxygen atoms in total. The summed E-state index contributed by atoms with van der Waals surface area (Å²) in [5.41, 5.74) is 1.06. The summed E-state index contributed by atoms with van der Waals surface area (Å²) in [6, 6.07) is 6.81. The van der Waals surface area contributed by atoms with Crippen molar-refractivity contribution in [3.05, 3.63) is 34.7 Å². The maximum absolute atomic E-state index is 12.1. The second-order valence-electron chi connectivity index (χ2n) is 6.45. The Morgan fingerprint density at radius 1 is 1.23 bits per heavy atom. The second-order valence-corrected chi connectivity index (χ2v) is 7.66. The number of aryl methyl sites for hydroxylation is 1. The Balaban J connectivity index is 1.59. The van der Waals surface area contributed by atoms with Gasteiger partial charge in [0.1, 0.15) is 5.01 Å². The number of hydrogen-bond acceptors (Lipinski definition) is 5. The summed E-state index contributed by atoms with van der Waals surface area (Å²) in [6.45, 7) is 1.85. The zero-order valence-electron chi connectivity index (χ0n) is 14.7. The van der Waals surface area contributed by atoms with Crippen molar-refractivity contribution >= 4 is 23.2 Å². The summed E-state index contributed by atoms with van der Waals surface area (Å²) in [7, 11) is 0. The van der Waals surface area contributed by atoms with E-state index >= 15 is 0 Å². The number of carbonyl (C=O) groups excluding carboxylic acids is 1. The van der Waals surface area contributed by atoms with Crippen molar-refractivity contribution in [3.63, 3.8) is 0 Å². The molecule has 138 valence electrons. The van der Waals surface area contributed by atoms with Crippen molar-refractivity contribution in [2.75, 3.05) is 6.61 Å². The molecule has 0 radical (unpaired) electrons. The van der Waals surface area contributed by atoms with Gasteiger partial charge in [-0.1, -0.05) is 31.4 Å². The Kier molecular flexibility index (Phi) is 5.88. The molecule has 1 aliphatic carbocycles. The molecule has 7 heteroatoms. The standard InChI is InChI=1S/C19H22N2O4S/c1-12-17(25-11-16(22)20-15-5-3-2-4-6-15)21-18(26-12)13-7-9-14(10-8-13)19(23)24/h7-10,15H,2-6,11H2,1H3,(H,20,22)(H,23,24). The average molecular weight is 374 g/mol. The van der Waals surface area contributed by atoms with E-state index in [1.807, 2.05) is 6.92 Å². The lowest BCUT2D eigenvalue weighted by Crippen LogP contribution is -2.39. The summed E-state index contributed by atoms with van der Waals surface area (Å²) in [5.74, 6) is -0.623. The number of nitrogens with one attached hydrogen (secondary N) is 1. The van der Waals surface area contributed by atoms with Gasteiger partial charge in [-0.2, -0.15) is 0 Å². The summed E-state index contributed by atoms with van der Waals surface area (Å²) in [5, 5.41) is 12.7. The first-order valence-corrected chi connectivity index (χ1v) is 9.58. The van der Waals surface area contributed by atoms with Crippen molar-refractivity contribution in [2.24, 2.45) is 0 Å². The smallest absolute Gasteiger partial charge is 0.335 e. The first-order valence-electron chi connectivity index (χ1n) is 8.76. The van der Waals surface area contributed by atoms with Gasteiger partial charge in [0.25, 0.3) is 5.91 Å². The highest BCUT2D eigenvalue weighted by molar-refractivity contribution is 7.15. The van der Waals surface area contributed by atoms with Gasteiger partial charge >= 0.3 is 5.97 Å². The van der Waals surface area contributed by atoms with E-state index < -0.39 is 5.97 Å². The number of amides is 1. The molecule has 0 spiro atoms. The lowest BCUT2D eigenvalue weighted by molar-refractivity contribution is -0.124. The van der Waals surface area contributed by atoms with Crippen LogP contribution in [0.1, 0.15) is 47.3 Å². The highest BCUT2D eigenvalue weighted by atomic mass is 32.1. The lowest BCUT2D eigenvalue weighted by Gasteiger charge is -2.22. The van der Waals surface area contributed by atoms with E-state index in [0.29, 0.717) is 5.88 Å². The van der Waals surface area contributed by atoms with Gasteiger partial charge in [-0.3, -0.25) is 4.79 Å². The number of carboxylic acid groups (broad SMARTS) is 1. The normalized spacial score (nSPS) is 14.8. The molecule has 3 rings (SSSR count). The fourth-order valence-electron chi connectivity index (χ4n) is 3.05. The van der Waals surface area contributed by atoms with Crippen LogP contribution in [-0.2, 0) is 4.79 Å². The average Bonchev–Trinajstić information content (AvgIpc) is 3.02. The monoisotopic (exact) mass is 374 g/mol. The molecule has 2 N–H and O–H groups in total. The van der Waals surface area contributed by atoms with Gasteiger partial charge < -0.3 is 15.2 Å². The number of ether oxygens (including phenoxy) is 1. The van der Waals surface area contributed by atoms with Crippen molar-refractivity contribution in [1.29, 1.82) is 0 Å². The molecule has 1 saturated carbocycles. The predicted octanol–water partition coefficient (Wildman–Crippen LogP) is 3.64. The Hall–Kier alpha value is -2.41. The van der Waals surface area contributed by atoms with Crippen LogP contribution >= 0.6 is 11.3 Å². The van der Waals surface area contributed by atoms with Crippen LogP contribution in [0.3, 0.4) is 0 Å². The van der Waals surface area contributed by atoms with E-state index in [9.17, 15) is 9.59 Å². The van der Waals surface area contributed by atoms with Crippen LogP contribution < -0.4 is 10.1 Å². The van der Waals surface area contributed by atoms with Crippen LogP contribution in [0.2, 0.25) is 0 Å². The maximum atomic E-state index is 12.1. The Bertz CT molecular complexity index is 779. The van der Waals surface area contributed by atoms with Gasteiger partial charge in [-0.15, -0.1) is 11.3 Å².